The third kappa shape index (κ3) is 2.95. The van der Waals surface area contributed by atoms with Gasteiger partial charge in [-0.1, -0.05) is 0 Å². The Morgan fingerprint density at radius 1 is 1.17 bits per heavy atom. The fraction of sp³-hybridized carbons (Fsp3) is 0.167. The summed E-state index contributed by atoms with van der Waals surface area (Å²) in [5.41, 5.74) is 0.583. The fourth-order valence-corrected chi connectivity index (χ4v) is 1.56. The quantitative estimate of drug-likeness (QED) is 0.836. The molecule has 0 aliphatic carbocycles. The van der Waals surface area contributed by atoms with Crippen molar-refractivity contribution in [3.63, 3.8) is 0 Å². The molecule has 2 rings (SSSR count). The highest BCUT2D eigenvalue weighted by Gasteiger charge is 2.07. The minimum Gasteiger partial charge on any atom is -0.353 e. The Balaban J connectivity index is 2.25. The maximum atomic E-state index is 13.5. The standard InChI is InChI=1S/C12H11F2N3S/c13-9-1-2-11(14)10(5-9)8-6-16-12(17-7-8)15-3-4-18/h1-2,5-7,18H,3-4H2,(H,15,16,17). The Bertz CT molecular complexity index is 531. The van der Waals surface area contributed by atoms with Gasteiger partial charge in [-0.05, 0) is 18.2 Å². The maximum absolute atomic E-state index is 13.5. The Morgan fingerprint density at radius 2 is 1.89 bits per heavy atom. The van der Waals surface area contributed by atoms with E-state index in [4.69, 9.17) is 0 Å². The van der Waals surface area contributed by atoms with E-state index in [1.165, 1.54) is 12.4 Å². The van der Waals surface area contributed by atoms with Gasteiger partial charge in [-0.25, -0.2) is 18.7 Å². The SMILES string of the molecule is Fc1ccc(F)c(-c2cnc(NCCS)nc2)c1. The second-order valence-corrected chi connectivity index (χ2v) is 4.02. The number of benzene rings is 1. The van der Waals surface area contributed by atoms with Crippen molar-refractivity contribution in [3.8, 4) is 11.1 Å². The molecular formula is C12H11F2N3S. The lowest BCUT2D eigenvalue weighted by atomic mass is 10.1. The Labute approximate surface area is 109 Å². The molecule has 3 nitrogen and oxygen atoms in total. The molecule has 1 aromatic heterocycles. The summed E-state index contributed by atoms with van der Waals surface area (Å²) >= 11 is 4.04. The van der Waals surface area contributed by atoms with Gasteiger partial charge in [-0.3, -0.25) is 0 Å². The molecule has 0 aliphatic rings. The van der Waals surface area contributed by atoms with Crippen LogP contribution in [-0.4, -0.2) is 22.3 Å². The van der Waals surface area contributed by atoms with Crippen LogP contribution in [0, 0.1) is 11.6 Å². The topological polar surface area (TPSA) is 37.8 Å². The summed E-state index contributed by atoms with van der Waals surface area (Å²) in [6, 6.07) is 3.27. The van der Waals surface area contributed by atoms with E-state index in [9.17, 15) is 8.78 Å². The van der Waals surface area contributed by atoms with Gasteiger partial charge < -0.3 is 5.32 Å². The Morgan fingerprint density at radius 3 is 2.56 bits per heavy atom. The highest BCUT2D eigenvalue weighted by molar-refractivity contribution is 7.80. The third-order valence-electron chi connectivity index (χ3n) is 2.29. The average molecular weight is 267 g/mol. The predicted molar refractivity (Wildman–Crippen MR) is 69.7 cm³/mol. The summed E-state index contributed by atoms with van der Waals surface area (Å²) < 4.78 is 26.6. The molecule has 0 amide bonds. The van der Waals surface area contributed by atoms with E-state index in [1.54, 1.807) is 0 Å². The summed E-state index contributed by atoms with van der Waals surface area (Å²) in [7, 11) is 0. The minimum absolute atomic E-state index is 0.149. The first kappa shape index (κ1) is 12.8. The predicted octanol–water partition coefficient (Wildman–Crippen LogP) is 2.76. The first-order valence-electron chi connectivity index (χ1n) is 5.33. The zero-order chi connectivity index (χ0) is 13.0. The zero-order valence-electron chi connectivity index (χ0n) is 9.40. The van der Waals surface area contributed by atoms with Gasteiger partial charge in [0, 0.05) is 35.8 Å². The van der Waals surface area contributed by atoms with Crippen LogP contribution in [0.1, 0.15) is 0 Å². The molecule has 2 aromatic rings. The Hall–Kier alpha value is -1.69. The van der Waals surface area contributed by atoms with Crippen LogP contribution >= 0.6 is 12.6 Å². The number of nitrogens with zero attached hydrogens (tertiary/aromatic N) is 2. The van der Waals surface area contributed by atoms with E-state index >= 15 is 0 Å². The highest BCUT2D eigenvalue weighted by atomic mass is 32.1. The van der Waals surface area contributed by atoms with Crippen LogP contribution in [0.4, 0.5) is 14.7 Å². The van der Waals surface area contributed by atoms with Crippen molar-refractivity contribution in [2.75, 3.05) is 17.6 Å². The molecule has 0 radical (unpaired) electrons. The van der Waals surface area contributed by atoms with Crippen molar-refractivity contribution in [1.82, 2.24) is 9.97 Å². The summed E-state index contributed by atoms with van der Waals surface area (Å²) in [6.45, 7) is 0.636. The smallest absolute Gasteiger partial charge is 0.222 e. The van der Waals surface area contributed by atoms with Crippen molar-refractivity contribution in [2.45, 2.75) is 0 Å². The molecule has 1 heterocycles. The van der Waals surface area contributed by atoms with Crippen molar-refractivity contribution >= 4 is 18.6 Å². The van der Waals surface area contributed by atoms with E-state index < -0.39 is 11.6 Å². The maximum Gasteiger partial charge on any atom is 0.222 e. The molecule has 94 valence electrons. The molecule has 0 spiro atoms. The molecule has 0 unspecified atom stereocenters. The van der Waals surface area contributed by atoms with Crippen LogP contribution in [0.15, 0.2) is 30.6 Å². The molecule has 0 fully saturated rings. The molecule has 0 saturated carbocycles. The molecule has 18 heavy (non-hydrogen) atoms. The van der Waals surface area contributed by atoms with Gasteiger partial charge >= 0.3 is 0 Å². The van der Waals surface area contributed by atoms with E-state index in [-0.39, 0.29) is 5.56 Å². The zero-order valence-corrected chi connectivity index (χ0v) is 10.3. The molecule has 0 atom stereocenters. The lowest BCUT2D eigenvalue weighted by Gasteiger charge is -2.05. The molecule has 0 aliphatic heterocycles. The Kier molecular flexibility index (Phi) is 4.09. The van der Waals surface area contributed by atoms with Gasteiger partial charge in [-0.2, -0.15) is 12.6 Å². The van der Waals surface area contributed by atoms with Gasteiger partial charge in [0.2, 0.25) is 5.95 Å². The van der Waals surface area contributed by atoms with Crippen LogP contribution < -0.4 is 5.32 Å². The van der Waals surface area contributed by atoms with Crippen LogP contribution in [0.2, 0.25) is 0 Å². The summed E-state index contributed by atoms with van der Waals surface area (Å²) in [4.78, 5) is 8.04. The van der Waals surface area contributed by atoms with Crippen LogP contribution in [0.5, 0.6) is 0 Å². The first-order chi connectivity index (χ1) is 8.70. The molecule has 0 bridgehead atoms. The molecule has 6 heteroatoms. The minimum atomic E-state index is -0.504. The normalized spacial score (nSPS) is 10.4. The van der Waals surface area contributed by atoms with Gasteiger partial charge in [0.05, 0.1) is 0 Å². The monoisotopic (exact) mass is 267 g/mol. The van der Waals surface area contributed by atoms with Crippen LogP contribution in [0.25, 0.3) is 11.1 Å². The van der Waals surface area contributed by atoms with Crippen molar-refractivity contribution in [2.24, 2.45) is 0 Å². The van der Waals surface area contributed by atoms with Gasteiger partial charge in [-0.15, -0.1) is 0 Å². The number of hydrogen-bond donors (Lipinski definition) is 2. The second kappa shape index (κ2) is 5.77. The third-order valence-corrected chi connectivity index (χ3v) is 2.51. The van der Waals surface area contributed by atoms with Crippen LogP contribution in [0.3, 0.4) is 0 Å². The highest BCUT2D eigenvalue weighted by Crippen LogP contribution is 2.22. The second-order valence-electron chi connectivity index (χ2n) is 3.57. The molecule has 1 aromatic carbocycles. The number of nitrogens with one attached hydrogen (secondary N) is 1. The number of anilines is 1. The number of hydrogen-bond acceptors (Lipinski definition) is 4. The van der Waals surface area contributed by atoms with E-state index in [0.717, 1.165) is 18.2 Å². The fourth-order valence-electron chi connectivity index (χ4n) is 1.44. The van der Waals surface area contributed by atoms with E-state index in [2.05, 4.69) is 27.9 Å². The molecule has 1 N–H and O–H groups in total. The first-order valence-corrected chi connectivity index (χ1v) is 5.96. The van der Waals surface area contributed by atoms with E-state index in [1.807, 2.05) is 0 Å². The van der Waals surface area contributed by atoms with Crippen molar-refractivity contribution in [1.29, 1.82) is 0 Å². The lowest BCUT2D eigenvalue weighted by Crippen LogP contribution is -2.06. The number of thiol groups is 1. The number of rotatable bonds is 4. The van der Waals surface area contributed by atoms with Gasteiger partial charge in [0.1, 0.15) is 11.6 Å². The summed E-state index contributed by atoms with van der Waals surface area (Å²) in [6.07, 6.45) is 2.90. The number of halogens is 2. The summed E-state index contributed by atoms with van der Waals surface area (Å²) in [5, 5.41) is 2.93. The lowest BCUT2D eigenvalue weighted by molar-refractivity contribution is 0.603. The molecule has 0 saturated heterocycles. The van der Waals surface area contributed by atoms with Gasteiger partial charge in [0.25, 0.3) is 0 Å². The van der Waals surface area contributed by atoms with E-state index in [0.29, 0.717) is 23.8 Å². The summed E-state index contributed by atoms with van der Waals surface area (Å²) in [5.74, 6) is 0.0910. The van der Waals surface area contributed by atoms with Crippen molar-refractivity contribution in [3.05, 3.63) is 42.2 Å². The molecular weight excluding hydrogens is 256 g/mol. The van der Waals surface area contributed by atoms with Crippen molar-refractivity contribution < 1.29 is 8.78 Å². The average Bonchev–Trinajstić information content (AvgIpc) is 2.40. The largest absolute Gasteiger partial charge is 0.353 e. The number of aromatic nitrogens is 2. The van der Waals surface area contributed by atoms with Gasteiger partial charge in [0.15, 0.2) is 0 Å². The van der Waals surface area contributed by atoms with Crippen LogP contribution in [-0.2, 0) is 0 Å².